The normalized spacial score (nSPS) is 18.3. The van der Waals surface area contributed by atoms with Gasteiger partial charge in [0.05, 0.1) is 24.1 Å². The quantitative estimate of drug-likeness (QED) is 0.843. The van der Waals surface area contributed by atoms with Crippen molar-refractivity contribution in [1.29, 1.82) is 0 Å². The van der Waals surface area contributed by atoms with Gasteiger partial charge in [0.2, 0.25) is 5.95 Å². The number of rotatable bonds is 5. The van der Waals surface area contributed by atoms with Crippen LogP contribution in [0.1, 0.15) is 30.1 Å². The molecule has 3 heterocycles. The highest BCUT2D eigenvalue weighted by Gasteiger charge is 2.25. The molecule has 2 N–H and O–H groups in total. The molecule has 0 bridgehead atoms. The highest BCUT2D eigenvalue weighted by molar-refractivity contribution is 7.90. The molecule has 2 aromatic rings. The number of sulfone groups is 1. The van der Waals surface area contributed by atoms with Gasteiger partial charge in [-0.1, -0.05) is 6.07 Å². The van der Waals surface area contributed by atoms with Crippen molar-refractivity contribution >= 4 is 15.8 Å². The maximum absolute atomic E-state index is 12.1. The Labute approximate surface area is 141 Å². The summed E-state index contributed by atoms with van der Waals surface area (Å²) in [6.45, 7) is 2.18. The Hall–Kier alpha value is -2.06. The number of pyridine rings is 1. The van der Waals surface area contributed by atoms with Gasteiger partial charge in [0, 0.05) is 24.9 Å². The fourth-order valence-corrected chi connectivity index (χ4v) is 3.64. The lowest BCUT2D eigenvalue weighted by Gasteiger charge is -2.24. The molecule has 0 aromatic carbocycles. The number of piperidine rings is 1. The zero-order valence-corrected chi connectivity index (χ0v) is 14.4. The molecule has 0 amide bonds. The van der Waals surface area contributed by atoms with Crippen LogP contribution in [0.25, 0.3) is 0 Å². The fourth-order valence-electron chi connectivity index (χ4n) is 2.80. The smallest absolute Gasteiger partial charge is 0.223 e. The van der Waals surface area contributed by atoms with Gasteiger partial charge in [0.1, 0.15) is 4.90 Å². The molecule has 7 nitrogen and oxygen atoms in total. The van der Waals surface area contributed by atoms with Crippen LogP contribution in [0.4, 0.5) is 5.95 Å². The van der Waals surface area contributed by atoms with E-state index in [4.69, 9.17) is 0 Å². The Balaban J connectivity index is 1.86. The fraction of sp³-hybridized carbons (Fsp3) is 0.438. The monoisotopic (exact) mass is 347 g/mol. The number of aromatic nitrogens is 3. The Morgan fingerprint density at radius 1 is 1.33 bits per heavy atom. The lowest BCUT2D eigenvalue weighted by Crippen LogP contribution is -2.30. The number of hydrogen-bond donors (Lipinski definition) is 2. The van der Waals surface area contributed by atoms with E-state index in [1.165, 1.54) is 12.5 Å². The summed E-state index contributed by atoms with van der Waals surface area (Å²) in [5.41, 5.74) is 1.47. The lowest BCUT2D eigenvalue weighted by atomic mass is 9.96. The predicted molar refractivity (Wildman–Crippen MR) is 91.6 cm³/mol. The van der Waals surface area contributed by atoms with Crippen molar-refractivity contribution in [3.05, 3.63) is 42.0 Å². The third-order valence-corrected chi connectivity index (χ3v) is 5.13. The van der Waals surface area contributed by atoms with E-state index in [-0.39, 0.29) is 10.8 Å². The van der Waals surface area contributed by atoms with Crippen molar-refractivity contribution in [3.63, 3.8) is 0 Å². The zero-order valence-electron chi connectivity index (χ0n) is 13.6. The van der Waals surface area contributed by atoms with Crippen LogP contribution in [0.15, 0.2) is 35.5 Å². The van der Waals surface area contributed by atoms with E-state index in [0.717, 1.165) is 31.6 Å². The molecule has 8 heteroatoms. The number of anilines is 1. The van der Waals surface area contributed by atoms with E-state index in [1.54, 1.807) is 6.20 Å². The first kappa shape index (κ1) is 16.8. The summed E-state index contributed by atoms with van der Waals surface area (Å²) in [6, 6.07) is 5.68. The minimum atomic E-state index is -3.36. The minimum absolute atomic E-state index is 0.0851. The van der Waals surface area contributed by atoms with Gasteiger partial charge in [-0.15, -0.1) is 0 Å². The average molecular weight is 347 g/mol. The lowest BCUT2D eigenvalue weighted by molar-refractivity contribution is 0.448. The van der Waals surface area contributed by atoms with Crippen LogP contribution in [0.5, 0.6) is 0 Å². The summed E-state index contributed by atoms with van der Waals surface area (Å²) < 4.78 is 24.1. The maximum atomic E-state index is 12.1. The van der Waals surface area contributed by atoms with E-state index in [1.807, 2.05) is 18.2 Å². The van der Waals surface area contributed by atoms with Crippen LogP contribution >= 0.6 is 0 Å². The zero-order chi connectivity index (χ0) is 17.0. The van der Waals surface area contributed by atoms with E-state index in [9.17, 15) is 8.42 Å². The van der Waals surface area contributed by atoms with E-state index in [0.29, 0.717) is 18.2 Å². The average Bonchev–Trinajstić information content (AvgIpc) is 2.60. The van der Waals surface area contributed by atoms with E-state index >= 15 is 0 Å². The summed E-state index contributed by atoms with van der Waals surface area (Å²) in [6.07, 6.45) is 6.27. The first-order valence-corrected chi connectivity index (χ1v) is 9.84. The SMILES string of the molecule is CS(=O)(=O)c1cnc(NCc2ccccn2)nc1C1CCCNC1. The van der Waals surface area contributed by atoms with Crippen molar-refractivity contribution in [1.82, 2.24) is 20.3 Å². The largest absolute Gasteiger partial charge is 0.349 e. The second-order valence-corrected chi connectivity index (χ2v) is 7.92. The summed E-state index contributed by atoms with van der Waals surface area (Å²) >= 11 is 0. The van der Waals surface area contributed by atoms with Gasteiger partial charge in [0.25, 0.3) is 0 Å². The molecule has 1 fully saturated rings. The van der Waals surface area contributed by atoms with Crippen LogP contribution in [0.2, 0.25) is 0 Å². The van der Waals surface area contributed by atoms with Gasteiger partial charge in [-0.25, -0.2) is 18.4 Å². The first-order chi connectivity index (χ1) is 11.5. The summed E-state index contributed by atoms with van der Waals surface area (Å²) in [4.78, 5) is 13.1. The summed E-state index contributed by atoms with van der Waals surface area (Å²) in [5.74, 6) is 0.510. The molecule has 1 aliphatic heterocycles. The van der Waals surface area contributed by atoms with Gasteiger partial charge in [-0.3, -0.25) is 4.98 Å². The van der Waals surface area contributed by atoms with Crippen molar-refractivity contribution in [3.8, 4) is 0 Å². The second-order valence-electron chi connectivity index (χ2n) is 5.93. The topological polar surface area (TPSA) is 96.9 Å². The van der Waals surface area contributed by atoms with Crippen LogP contribution in [-0.4, -0.2) is 42.7 Å². The van der Waals surface area contributed by atoms with E-state index < -0.39 is 9.84 Å². The molecule has 0 saturated carbocycles. The standard InChI is InChI=1S/C16H21N5O2S/c1-24(22,23)14-11-20-16(19-10-13-6-2-3-8-18-13)21-15(14)12-5-4-7-17-9-12/h2-3,6,8,11-12,17H,4-5,7,9-10H2,1H3,(H,19,20,21). The van der Waals surface area contributed by atoms with Crippen LogP contribution in [0.3, 0.4) is 0 Å². The van der Waals surface area contributed by atoms with Gasteiger partial charge >= 0.3 is 0 Å². The molecular formula is C16H21N5O2S. The molecule has 0 spiro atoms. The Bertz CT molecular complexity index is 789. The highest BCUT2D eigenvalue weighted by atomic mass is 32.2. The Morgan fingerprint density at radius 2 is 2.21 bits per heavy atom. The van der Waals surface area contributed by atoms with Crippen LogP contribution < -0.4 is 10.6 Å². The molecule has 1 aliphatic rings. The Morgan fingerprint density at radius 3 is 2.88 bits per heavy atom. The molecular weight excluding hydrogens is 326 g/mol. The molecule has 24 heavy (non-hydrogen) atoms. The summed E-state index contributed by atoms with van der Waals surface area (Å²) in [7, 11) is -3.36. The molecule has 128 valence electrons. The van der Waals surface area contributed by atoms with Crippen molar-refractivity contribution in [2.24, 2.45) is 0 Å². The van der Waals surface area contributed by atoms with Crippen LogP contribution in [0, 0.1) is 0 Å². The summed E-state index contributed by atoms with van der Waals surface area (Å²) in [5, 5.41) is 6.42. The third-order valence-electron chi connectivity index (χ3n) is 4.02. The van der Waals surface area contributed by atoms with Gasteiger partial charge in [-0.2, -0.15) is 0 Å². The third kappa shape index (κ3) is 4.07. The molecule has 0 aliphatic carbocycles. The molecule has 3 rings (SSSR count). The molecule has 2 aromatic heterocycles. The molecule has 1 atom stereocenters. The number of hydrogen-bond acceptors (Lipinski definition) is 7. The minimum Gasteiger partial charge on any atom is -0.349 e. The predicted octanol–water partition coefficient (Wildman–Crippen LogP) is 1.35. The molecule has 0 radical (unpaired) electrons. The number of nitrogens with one attached hydrogen (secondary N) is 2. The van der Waals surface area contributed by atoms with E-state index in [2.05, 4.69) is 25.6 Å². The Kier molecular flexibility index (Phi) is 5.06. The van der Waals surface area contributed by atoms with Crippen LogP contribution in [-0.2, 0) is 16.4 Å². The maximum Gasteiger partial charge on any atom is 0.223 e. The van der Waals surface area contributed by atoms with Gasteiger partial charge < -0.3 is 10.6 Å². The van der Waals surface area contributed by atoms with Crippen molar-refractivity contribution in [2.75, 3.05) is 24.7 Å². The second kappa shape index (κ2) is 7.23. The van der Waals surface area contributed by atoms with Crippen molar-refractivity contribution in [2.45, 2.75) is 30.2 Å². The molecule has 1 unspecified atom stereocenters. The molecule has 1 saturated heterocycles. The number of nitrogens with zero attached hydrogens (tertiary/aromatic N) is 3. The first-order valence-electron chi connectivity index (χ1n) is 7.95. The van der Waals surface area contributed by atoms with Gasteiger partial charge in [-0.05, 0) is 31.5 Å². The van der Waals surface area contributed by atoms with Gasteiger partial charge in [0.15, 0.2) is 9.84 Å². The van der Waals surface area contributed by atoms with Crippen molar-refractivity contribution < 1.29 is 8.42 Å². The highest BCUT2D eigenvalue weighted by Crippen LogP contribution is 2.27.